The Bertz CT molecular complexity index is 714. The summed E-state index contributed by atoms with van der Waals surface area (Å²) in [4.78, 5) is 26.5. The van der Waals surface area contributed by atoms with Gasteiger partial charge in [-0.05, 0) is 63.4 Å². The van der Waals surface area contributed by atoms with Crippen molar-refractivity contribution in [2.24, 2.45) is 11.8 Å². The fraction of sp³-hybridized carbons (Fsp3) is 0.692. The van der Waals surface area contributed by atoms with Crippen LogP contribution < -0.4 is 0 Å². The van der Waals surface area contributed by atoms with Gasteiger partial charge in [-0.1, -0.05) is 51.1 Å². The molecule has 0 unspecified atom stereocenters. The number of carbonyl (C=O) groups excluding carboxylic acids is 2. The summed E-state index contributed by atoms with van der Waals surface area (Å²) in [6, 6.07) is 10.4. The summed E-state index contributed by atoms with van der Waals surface area (Å²) in [5, 5.41) is 0. The first-order valence-corrected chi connectivity index (χ1v) is 17.8. The van der Waals surface area contributed by atoms with Gasteiger partial charge in [-0.25, -0.2) is 0 Å². The van der Waals surface area contributed by atoms with Crippen LogP contribution in [0.3, 0.4) is 0 Å². The molecule has 1 aromatic carbocycles. The average molecular weight is 529 g/mol. The maximum absolute atomic E-state index is 13.3. The van der Waals surface area contributed by atoms with Gasteiger partial charge in [-0.3, -0.25) is 9.59 Å². The Labute approximate surface area is 216 Å². The van der Waals surface area contributed by atoms with E-state index in [9.17, 15) is 9.59 Å². The fourth-order valence-electron chi connectivity index (χ4n) is 4.14. The topological polar surface area (TPSA) is 61.8 Å². The van der Waals surface area contributed by atoms with E-state index in [0.717, 1.165) is 24.3 Å². The summed E-state index contributed by atoms with van der Waals surface area (Å²) in [6.45, 7) is 16.8. The van der Waals surface area contributed by atoms with Crippen molar-refractivity contribution in [3.8, 4) is 0 Å². The molecule has 34 heavy (non-hydrogen) atoms. The van der Waals surface area contributed by atoms with E-state index in [-0.39, 0.29) is 25.2 Å². The minimum absolute atomic E-state index is 0.100. The van der Waals surface area contributed by atoms with Crippen molar-refractivity contribution in [2.45, 2.75) is 77.3 Å². The maximum Gasteiger partial charge on any atom is 0.322 e. The van der Waals surface area contributed by atoms with Gasteiger partial charge in [-0.2, -0.15) is 0 Å². The number of esters is 2. The first kappa shape index (κ1) is 31.1. The number of hydrogen-bond donors (Lipinski definition) is 0. The number of rotatable bonds is 16. The number of carbonyl (C=O) groups is 2. The number of ether oxygens (including phenoxy) is 2. The second-order valence-corrected chi connectivity index (χ2v) is 16.9. The van der Waals surface area contributed by atoms with Crippen molar-refractivity contribution in [3.05, 3.63) is 35.9 Å². The molecule has 1 aromatic rings. The highest BCUT2D eigenvalue weighted by Gasteiger charge is 2.55. The Morgan fingerprint density at radius 3 is 1.82 bits per heavy atom. The average Bonchev–Trinajstić information content (AvgIpc) is 2.77. The molecular weight excluding hydrogens is 485 g/mol. The minimum atomic E-state index is -1.92. The van der Waals surface area contributed by atoms with Gasteiger partial charge in [0.05, 0.1) is 23.4 Å². The van der Waals surface area contributed by atoms with Crippen LogP contribution in [0.2, 0.25) is 19.6 Å². The zero-order chi connectivity index (χ0) is 25.8. The number of aryl methyl sites for hydroxylation is 1. The van der Waals surface area contributed by atoms with Crippen molar-refractivity contribution in [1.82, 2.24) is 0 Å². The van der Waals surface area contributed by atoms with Crippen LogP contribution in [0.15, 0.2) is 30.3 Å². The molecule has 0 N–H and O–H groups in total. The van der Waals surface area contributed by atoms with Crippen molar-refractivity contribution < 1.29 is 23.5 Å². The highest BCUT2D eigenvalue weighted by molar-refractivity contribution is 8.18. The summed E-state index contributed by atoms with van der Waals surface area (Å²) in [5.74, 6) is -0.636. The third kappa shape index (κ3) is 9.24. The molecule has 2 atom stereocenters. The monoisotopic (exact) mass is 528 g/mol. The van der Waals surface area contributed by atoms with Crippen molar-refractivity contribution >= 4 is 43.8 Å². The highest BCUT2D eigenvalue weighted by atomic mass is 32.2. The van der Waals surface area contributed by atoms with Crippen molar-refractivity contribution in [2.75, 3.05) is 24.7 Å². The molecule has 194 valence electrons. The van der Waals surface area contributed by atoms with Gasteiger partial charge in [0.25, 0.3) is 0 Å². The van der Waals surface area contributed by atoms with Crippen LogP contribution in [0.4, 0.5) is 0 Å². The lowest BCUT2D eigenvalue weighted by Crippen LogP contribution is -2.53. The third-order valence-electron chi connectivity index (χ3n) is 5.44. The Kier molecular flexibility index (Phi) is 13.9. The molecule has 0 spiro atoms. The smallest absolute Gasteiger partial charge is 0.322 e. The molecular formula is C26H44O5S2Si. The van der Waals surface area contributed by atoms with Crippen LogP contribution in [0.25, 0.3) is 0 Å². The molecule has 0 aliphatic carbocycles. The summed E-state index contributed by atoms with van der Waals surface area (Å²) in [7, 11) is -1.92. The normalized spacial score (nSPS) is 14.0. The Morgan fingerprint density at radius 1 is 0.912 bits per heavy atom. The zero-order valence-electron chi connectivity index (χ0n) is 22.2. The molecule has 1 rings (SSSR count). The first-order valence-electron chi connectivity index (χ1n) is 12.4. The van der Waals surface area contributed by atoms with E-state index in [4.69, 9.17) is 13.9 Å². The lowest BCUT2D eigenvalue weighted by atomic mass is 9.87. The van der Waals surface area contributed by atoms with E-state index in [1.165, 1.54) is 5.56 Å². The standard InChI is InChI=1S/C26H44O5S2Si/c1-9-29-24(27)23(25(28)30-10-2)26(32-11-3,33-12-4)20(5)22(31-34(6,7)8)19-18-21-16-14-13-15-17-21/h13-17,20,22-23H,9-12,18-19H2,1-8H3/t20-,22-/m0/s1. The van der Waals surface area contributed by atoms with Crippen LogP contribution >= 0.6 is 23.5 Å². The molecule has 8 heteroatoms. The Hall–Kier alpha value is -0.963. The van der Waals surface area contributed by atoms with E-state index in [2.05, 4.69) is 64.7 Å². The van der Waals surface area contributed by atoms with Gasteiger partial charge in [-0.15, -0.1) is 23.5 Å². The molecule has 0 bridgehead atoms. The predicted molar refractivity (Wildman–Crippen MR) is 148 cm³/mol. The second kappa shape index (κ2) is 15.2. The molecule has 0 fully saturated rings. The van der Waals surface area contributed by atoms with Gasteiger partial charge < -0.3 is 13.9 Å². The van der Waals surface area contributed by atoms with Crippen LogP contribution in [-0.4, -0.2) is 55.2 Å². The molecule has 0 radical (unpaired) electrons. The van der Waals surface area contributed by atoms with Gasteiger partial charge >= 0.3 is 11.9 Å². The largest absolute Gasteiger partial charge is 0.465 e. The van der Waals surface area contributed by atoms with Gasteiger partial charge in [0.15, 0.2) is 14.2 Å². The molecule has 0 aliphatic rings. The van der Waals surface area contributed by atoms with Crippen LogP contribution in [0.1, 0.15) is 46.6 Å². The molecule has 5 nitrogen and oxygen atoms in total. The van der Waals surface area contributed by atoms with E-state index in [1.54, 1.807) is 37.4 Å². The second-order valence-electron chi connectivity index (χ2n) is 9.11. The molecule has 0 saturated heterocycles. The number of hydrogen-bond acceptors (Lipinski definition) is 7. The quantitative estimate of drug-likeness (QED) is 0.106. The number of thioether (sulfide) groups is 2. The lowest BCUT2D eigenvalue weighted by Gasteiger charge is -2.45. The van der Waals surface area contributed by atoms with Crippen molar-refractivity contribution in [1.29, 1.82) is 0 Å². The molecule has 0 aliphatic heterocycles. The highest BCUT2D eigenvalue weighted by Crippen LogP contribution is 2.52. The van der Waals surface area contributed by atoms with E-state index < -0.39 is 30.3 Å². The zero-order valence-corrected chi connectivity index (χ0v) is 24.9. The van der Waals surface area contributed by atoms with Crippen LogP contribution in [0.5, 0.6) is 0 Å². The van der Waals surface area contributed by atoms with E-state index >= 15 is 0 Å². The molecule has 0 heterocycles. The van der Waals surface area contributed by atoms with Gasteiger partial charge in [0.2, 0.25) is 0 Å². The minimum Gasteiger partial charge on any atom is -0.465 e. The van der Waals surface area contributed by atoms with E-state index in [1.807, 2.05) is 6.07 Å². The molecule has 0 amide bonds. The summed E-state index contributed by atoms with van der Waals surface area (Å²) < 4.78 is 16.9. The van der Waals surface area contributed by atoms with Crippen LogP contribution in [-0.2, 0) is 29.9 Å². The first-order chi connectivity index (χ1) is 16.1. The molecule has 0 saturated carbocycles. The SMILES string of the molecule is CCOC(=O)C(C(=O)OCC)C(SCC)(SCC)[C@@H](C)[C@H](CCc1ccccc1)O[Si](C)(C)C. The Balaban J connectivity index is 3.52. The lowest BCUT2D eigenvalue weighted by molar-refractivity contribution is -0.163. The summed E-state index contributed by atoms with van der Waals surface area (Å²) in [6.07, 6.45) is 1.56. The summed E-state index contributed by atoms with van der Waals surface area (Å²) in [5.41, 5.74) is 1.25. The Morgan fingerprint density at radius 2 is 1.41 bits per heavy atom. The predicted octanol–water partition coefficient (Wildman–Crippen LogP) is 6.42. The van der Waals surface area contributed by atoms with Crippen molar-refractivity contribution in [3.63, 3.8) is 0 Å². The van der Waals surface area contributed by atoms with Gasteiger partial charge in [0, 0.05) is 5.92 Å². The van der Waals surface area contributed by atoms with Gasteiger partial charge in [0.1, 0.15) is 0 Å². The van der Waals surface area contributed by atoms with E-state index in [0.29, 0.717) is 0 Å². The van der Waals surface area contributed by atoms with Crippen LogP contribution in [0, 0.1) is 11.8 Å². The molecule has 0 aromatic heterocycles. The fourth-order valence-corrected chi connectivity index (χ4v) is 8.86. The number of benzene rings is 1. The summed E-state index contributed by atoms with van der Waals surface area (Å²) >= 11 is 3.29. The third-order valence-corrected chi connectivity index (χ3v) is 9.86. The maximum atomic E-state index is 13.3.